The maximum atomic E-state index is 13.1. The average molecular weight is 428 g/mol. The summed E-state index contributed by atoms with van der Waals surface area (Å²) in [4.78, 5) is 26.2. The van der Waals surface area contributed by atoms with Crippen LogP contribution >= 0.6 is 23.2 Å². The molecule has 0 aliphatic carbocycles. The fraction of sp³-hybridized carbons (Fsp3) is 0.200. The van der Waals surface area contributed by atoms with Crippen LogP contribution in [0.3, 0.4) is 0 Å². The van der Waals surface area contributed by atoms with Crippen LogP contribution in [-0.2, 0) is 17.9 Å². The molecule has 1 aromatic carbocycles. The number of aromatic nitrogens is 5. The molecule has 1 amide bonds. The number of benzene rings is 1. The molecule has 146 valence electrons. The molecular formula is C15H12Cl2FN7O3. The molecule has 0 bridgehead atoms. The zero-order valence-electron chi connectivity index (χ0n) is 14.3. The van der Waals surface area contributed by atoms with Crippen molar-refractivity contribution in [3.05, 3.63) is 61.8 Å². The van der Waals surface area contributed by atoms with E-state index in [0.717, 1.165) is 4.68 Å². The summed E-state index contributed by atoms with van der Waals surface area (Å²) in [6.07, 6.45) is 1.37. The van der Waals surface area contributed by atoms with Gasteiger partial charge in [0.15, 0.2) is 5.02 Å². The van der Waals surface area contributed by atoms with Gasteiger partial charge in [-0.15, -0.1) is 5.10 Å². The number of hydrogen-bond donors (Lipinski definition) is 1. The van der Waals surface area contributed by atoms with Crippen molar-refractivity contribution in [2.24, 2.45) is 0 Å². The number of nitrogens with zero attached hydrogens (tertiary/aromatic N) is 6. The molecule has 3 aromatic rings. The number of carbonyl (C=O) groups is 1. The van der Waals surface area contributed by atoms with E-state index in [1.165, 1.54) is 36.1 Å². The topological polar surface area (TPSA) is 121 Å². The summed E-state index contributed by atoms with van der Waals surface area (Å²) in [5.74, 6) is -1.50. The fourth-order valence-corrected chi connectivity index (χ4v) is 2.76. The first kappa shape index (κ1) is 19.7. The molecule has 28 heavy (non-hydrogen) atoms. The predicted molar refractivity (Wildman–Crippen MR) is 97.8 cm³/mol. The lowest BCUT2D eigenvalue weighted by atomic mass is 10.2. The van der Waals surface area contributed by atoms with Crippen molar-refractivity contribution < 1.29 is 14.1 Å². The summed E-state index contributed by atoms with van der Waals surface area (Å²) in [6.45, 7) is 1.43. The molecule has 13 heteroatoms. The van der Waals surface area contributed by atoms with Gasteiger partial charge in [0.05, 0.1) is 17.3 Å². The Morgan fingerprint density at radius 1 is 1.36 bits per heavy atom. The van der Waals surface area contributed by atoms with Crippen molar-refractivity contribution in [2.45, 2.75) is 20.0 Å². The van der Waals surface area contributed by atoms with E-state index in [2.05, 4.69) is 20.5 Å². The molecule has 0 unspecified atom stereocenters. The van der Waals surface area contributed by atoms with Crippen molar-refractivity contribution in [3.8, 4) is 0 Å². The number of anilines is 1. The van der Waals surface area contributed by atoms with Gasteiger partial charge in [0, 0.05) is 5.02 Å². The van der Waals surface area contributed by atoms with Gasteiger partial charge in [0.1, 0.15) is 18.7 Å². The van der Waals surface area contributed by atoms with Crippen molar-refractivity contribution in [3.63, 3.8) is 0 Å². The lowest BCUT2D eigenvalue weighted by Gasteiger charge is -2.04. The van der Waals surface area contributed by atoms with Crippen LogP contribution in [0.4, 0.5) is 16.2 Å². The number of amides is 1. The summed E-state index contributed by atoms with van der Waals surface area (Å²) in [5, 5.41) is 21.2. The van der Waals surface area contributed by atoms with Crippen molar-refractivity contribution in [2.75, 3.05) is 5.32 Å². The molecule has 2 heterocycles. The summed E-state index contributed by atoms with van der Waals surface area (Å²) in [6, 6.07) is 3.99. The molecule has 0 aliphatic rings. The molecule has 0 radical (unpaired) electrons. The van der Waals surface area contributed by atoms with Gasteiger partial charge < -0.3 is 10.1 Å². The maximum absolute atomic E-state index is 13.1. The minimum Gasteiger partial charge on any atom is -0.358 e. The van der Waals surface area contributed by atoms with Crippen LogP contribution < -0.4 is 5.32 Å². The Morgan fingerprint density at radius 3 is 2.75 bits per heavy atom. The second kappa shape index (κ2) is 7.90. The highest BCUT2D eigenvalue weighted by Gasteiger charge is 2.25. The molecule has 0 aliphatic heterocycles. The fourth-order valence-electron chi connectivity index (χ4n) is 2.33. The third kappa shape index (κ3) is 4.26. The van der Waals surface area contributed by atoms with E-state index in [0.29, 0.717) is 5.56 Å². The summed E-state index contributed by atoms with van der Waals surface area (Å²) in [7, 11) is 0. The molecule has 3 rings (SSSR count). The zero-order valence-corrected chi connectivity index (χ0v) is 15.8. The lowest BCUT2D eigenvalue weighted by molar-refractivity contribution is -0.389. The summed E-state index contributed by atoms with van der Waals surface area (Å²) >= 11 is 11.8. The quantitative estimate of drug-likeness (QED) is 0.476. The molecule has 0 spiro atoms. The number of halogens is 3. The van der Waals surface area contributed by atoms with E-state index >= 15 is 0 Å². The Balaban J connectivity index is 1.66. The van der Waals surface area contributed by atoms with Gasteiger partial charge in [0.2, 0.25) is 5.95 Å². The van der Waals surface area contributed by atoms with E-state index in [1.54, 1.807) is 0 Å². The van der Waals surface area contributed by atoms with Crippen molar-refractivity contribution in [1.29, 1.82) is 0 Å². The third-order valence-corrected chi connectivity index (χ3v) is 4.51. The van der Waals surface area contributed by atoms with Crippen LogP contribution in [0.5, 0.6) is 0 Å². The highest BCUT2D eigenvalue weighted by molar-refractivity contribution is 6.33. The number of carbonyl (C=O) groups excluding carboxylic acids is 1. The molecule has 0 saturated heterocycles. The number of nitrogens with one attached hydrogen (secondary N) is 1. The van der Waals surface area contributed by atoms with Crippen LogP contribution in [0.1, 0.15) is 11.3 Å². The van der Waals surface area contributed by atoms with E-state index in [4.69, 9.17) is 23.2 Å². The van der Waals surface area contributed by atoms with Crippen LogP contribution in [0.15, 0.2) is 24.5 Å². The van der Waals surface area contributed by atoms with Gasteiger partial charge >= 0.3 is 5.82 Å². The molecular weight excluding hydrogens is 416 g/mol. The van der Waals surface area contributed by atoms with E-state index in [9.17, 15) is 19.3 Å². The van der Waals surface area contributed by atoms with Gasteiger partial charge in [-0.2, -0.15) is 4.68 Å². The smallest absolute Gasteiger partial charge is 0.358 e. The predicted octanol–water partition coefficient (Wildman–Crippen LogP) is 2.82. The van der Waals surface area contributed by atoms with Crippen LogP contribution in [0, 0.1) is 22.9 Å². The molecule has 0 atom stereocenters. The number of rotatable bonds is 6. The largest absolute Gasteiger partial charge is 0.408 e. The second-order valence-corrected chi connectivity index (χ2v) is 6.47. The first-order valence-corrected chi connectivity index (χ1v) is 8.50. The molecule has 2 aromatic heterocycles. The first-order chi connectivity index (χ1) is 13.2. The lowest BCUT2D eigenvalue weighted by Crippen LogP contribution is -2.21. The van der Waals surface area contributed by atoms with Crippen molar-refractivity contribution in [1.82, 2.24) is 24.5 Å². The first-order valence-electron chi connectivity index (χ1n) is 7.75. The van der Waals surface area contributed by atoms with E-state index in [-0.39, 0.29) is 34.8 Å². The summed E-state index contributed by atoms with van der Waals surface area (Å²) in [5.41, 5.74) is 0.910. The average Bonchev–Trinajstić information content (AvgIpc) is 3.16. The Bertz CT molecular complexity index is 1070. The monoisotopic (exact) mass is 427 g/mol. The second-order valence-electron chi connectivity index (χ2n) is 5.69. The Hall–Kier alpha value is -3.05. The molecule has 0 saturated carbocycles. The van der Waals surface area contributed by atoms with Gasteiger partial charge in [-0.1, -0.05) is 29.3 Å². The summed E-state index contributed by atoms with van der Waals surface area (Å²) < 4.78 is 15.6. The normalized spacial score (nSPS) is 10.9. The van der Waals surface area contributed by atoms with Gasteiger partial charge in [0.25, 0.3) is 5.91 Å². The number of nitro groups is 1. The van der Waals surface area contributed by atoms with E-state index < -0.39 is 22.5 Å². The van der Waals surface area contributed by atoms with Gasteiger partial charge in [-0.25, -0.2) is 14.1 Å². The van der Waals surface area contributed by atoms with E-state index in [1.807, 2.05) is 0 Å². The van der Waals surface area contributed by atoms with Gasteiger partial charge in [-0.3, -0.25) is 10.1 Å². The molecule has 0 fully saturated rings. The van der Waals surface area contributed by atoms with Gasteiger partial charge in [-0.05, 0) is 29.5 Å². The highest BCUT2D eigenvalue weighted by atomic mass is 35.5. The van der Waals surface area contributed by atoms with Crippen LogP contribution in [-0.4, -0.2) is 35.4 Å². The standard InChI is InChI=1S/C15H12Cl2FN7O3/c1-8-13(17)14(25(27)28)21-24(8)6-12(26)20-15-19-7-23(22-15)5-9-2-3-10(18)4-11(9)16/h2-4,7H,5-6H2,1H3,(H,20,22,26). The molecule has 1 N–H and O–H groups in total. The minimum atomic E-state index is -0.729. The van der Waals surface area contributed by atoms with Crippen LogP contribution in [0.2, 0.25) is 10.0 Å². The SMILES string of the molecule is Cc1c(Cl)c([N+](=O)[O-])nn1CC(=O)Nc1ncn(Cc2ccc(F)cc2Cl)n1. The Labute approximate surface area is 167 Å². The Kier molecular flexibility index (Phi) is 5.56. The van der Waals surface area contributed by atoms with Crippen LogP contribution in [0.25, 0.3) is 0 Å². The Morgan fingerprint density at radius 2 is 2.11 bits per heavy atom. The minimum absolute atomic E-state index is 0.0219. The third-order valence-electron chi connectivity index (χ3n) is 3.72. The maximum Gasteiger partial charge on any atom is 0.408 e. The number of hydrogen-bond acceptors (Lipinski definition) is 6. The highest BCUT2D eigenvalue weighted by Crippen LogP contribution is 2.26. The zero-order chi connectivity index (χ0) is 20.4. The molecule has 10 nitrogen and oxygen atoms in total. The van der Waals surface area contributed by atoms with Crippen molar-refractivity contribution >= 4 is 40.9 Å².